The molecule has 3 rings (SSSR count). The molecule has 3 aromatic rings. The number of rotatable bonds is 3. The molecule has 0 saturated carbocycles. The van der Waals surface area contributed by atoms with Crippen molar-refractivity contribution in [2.45, 2.75) is 20.4 Å². The van der Waals surface area contributed by atoms with Crippen LogP contribution >= 0.6 is 0 Å². The lowest BCUT2D eigenvalue weighted by atomic mass is 10.1. The number of nitrogens with zero attached hydrogens (tertiary/aromatic N) is 2. The smallest absolute Gasteiger partial charge is 0.231 e. The normalized spacial score (nSPS) is 11.1. The Labute approximate surface area is 110 Å². The first-order valence-electron chi connectivity index (χ1n) is 6.24. The van der Waals surface area contributed by atoms with Crippen LogP contribution in [-0.2, 0) is 6.54 Å². The van der Waals surface area contributed by atoms with Crippen LogP contribution in [0.1, 0.15) is 28.6 Å². The topological polar surface area (TPSA) is 48.0 Å². The van der Waals surface area contributed by atoms with E-state index in [1.165, 1.54) is 0 Å². The summed E-state index contributed by atoms with van der Waals surface area (Å²) in [5, 5.41) is 5.05. The Balaban J connectivity index is 2.01. The Kier molecular flexibility index (Phi) is 2.71. The van der Waals surface area contributed by atoms with Gasteiger partial charge in [0.15, 0.2) is 5.76 Å². The van der Waals surface area contributed by atoms with Crippen molar-refractivity contribution in [3.05, 3.63) is 53.5 Å². The largest absolute Gasteiger partial charge is 0.453 e. The Bertz CT molecular complexity index is 752. The summed E-state index contributed by atoms with van der Waals surface area (Å²) < 4.78 is 7.32. The second kappa shape index (κ2) is 4.39. The van der Waals surface area contributed by atoms with Crippen molar-refractivity contribution >= 4 is 16.8 Å². The number of hydrogen-bond donors (Lipinski definition) is 0. The molecule has 0 aliphatic rings. The molecular formula is C15H14N2O2. The van der Waals surface area contributed by atoms with Crippen molar-refractivity contribution in [3.63, 3.8) is 0 Å². The lowest BCUT2D eigenvalue weighted by Gasteiger charge is -1.92. The molecule has 2 aromatic heterocycles. The zero-order chi connectivity index (χ0) is 13.4. The summed E-state index contributed by atoms with van der Waals surface area (Å²) in [7, 11) is 0. The second-order valence-corrected chi connectivity index (χ2v) is 4.57. The van der Waals surface area contributed by atoms with Crippen LogP contribution in [0.4, 0.5) is 0 Å². The Morgan fingerprint density at radius 1 is 1.37 bits per heavy atom. The van der Waals surface area contributed by atoms with Gasteiger partial charge in [-0.2, -0.15) is 5.10 Å². The van der Waals surface area contributed by atoms with Crippen LogP contribution in [0.15, 0.2) is 41.1 Å². The molecule has 4 heteroatoms. The molecule has 0 radical (unpaired) electrons. The zero-order valence-electron chi connectivity index (χ0n) is 10.9. The van der Waals surface area contributed by atoms with Crippen molar-refractivity contribution in [1.82, 2.24) is 9.78 Å². The van der Waals surface area contributed by atoms with E-state index in [9.17, 15) is 4.79 Å². The number of aromatic nitrogens is 2. The van der Waals surface area contributed by atoms with Gasteiger partial charge in [0.25, 0.3) is 0 Å². The highest BCUT2D eigenvalue weighted by Gasteiger charge is 2.16. The molecule has 0 amide bonds. The number of hydrogen-bond acceptors (Lipinski definition) is 3. The van der Waals surface area contributed by atoms with E-state index in [-0.39, 0.29) is 5.78 Å². The van der Waals surface area contributed by atoms with Gasteiger partial charge < -0.3 is 4.42 Å². The molecule has 0 atom stereocenters. The highest BCUT2D eigenvalue weighted by Crippen LogP contribution is 2.22. The molecule has 0 aliphatic heterocycles. The van der Waals surface area contributed by atoms with E-state index in [2.05, 4.69) is 5.10 Å². The van der Waals surface area contributed by atoms with Crippen molar-refractivity contribution in [1.29, 1.82) is 0 Å². The molecule has 4 nitrogen and oxygen atoms in total. The first kappa shape index (κ1) is 11.7. The molecule has 0 aliphatic carbocycles. The summed E-state index contributed by atoms with van der Waals surface area (Å²) in [6, 6.07) is 7.64. The predicted molar refractivity (Wildman–Crippen MR) is 72.3 cm³/mol. The Hall–Kier alpha value is -2.36. The van der Waals surface area contributed by atoms with Gasteiger partial charge in [0, 0.05) is 18.1 Å². The summed E-state index contributed by atoms with van der Waals surface area (Å²) >= 11 is 0. The fourth-order valence-corrected chi connectivity index (χ4v) is 2.07. The average Bonchev–Trinajstić information content (AvgIpc) is 3.03. The Morgan fingerprint density at radius 2 is 2.21 bits per heavy atom. The molecule has 0 spiro atoms. The van der Waals surface area contributed by atoms with E-state index in [4.69, 9.17) is 4.42 Å². The van der Waals surface area contributed by atoms with Crippen LogP contribution < -0.4 is 0 Å². The SMILES string of the molecule is CCn1cc(C(=O)c2cc3cc(C)ccc3o2)cn1. The molecular weight excluding hydrogens is 240 g/mol. The fourth-order valence-electron chi connectivity index (χ4n) is 2.07. The standard InChI is InChI=1S/C15H14N2O2/c1-3-17-9-12(8-16-17)15(18)14-7-11-6-10(2)4-5-13(11)19-14/h4-9H,3H2,1-2H3. The monoisotopic (exact) mass is 254 g/mol. The predicted octanol–water partition coefficient (Wildman–Crippen LogP) is 3.19. The summed E-state index contributed by atoms with van der Waals surface area (Å²) in [6.45, 7) is 4.73. The number of benzene rings is 1. The van der Waals surface area contributed by atoms with Gasteiger partial charge in [-0.15, -0.1) is 0 Å². The molecule has 19 heavy (non-hydrogen) atoms. The maximum atomic E-state index is 12.3. The number of carbonyl (C=O) groups is 1. The van der Waals surface area contributed by atoms with Gasteiger partial charge in [0.2, 0.25) is 5.78 Å². The number of furan rings is 1. The molecule has 2 heterocycles. The first-order valence-corrected chi connectivity index (χ1v) is 6.24. The van der Waals surface area contributed by atoms with E-state index >= 15 is 0 Å². The third kappa shape index (κ3) is 2.05. The van der Waals surface area contributed by atoms with E-state index < -0.39 is 0 Å². The highest BCUT2D eigenvalue weighted by molar-refractivity contribution is 6.08. The highest BCUT2D eigenvalue weighted by atomic mass is 16.3. The van der Waals surface area contributed by atoms with Crippen LogP contribution in [0.3, 0.4) is 0 Å². The number of ketones is 1. The molecule has 1 aromatic carbocycles. The lowest BCUT2D eigenvalue weighted by Crippen LogP contribution is -1.98. The minimum atomic E-state index is -0.131. The van der Waals surface area contributed by atoms with Crippen molar-refractivity contribution in [2.75, 3.05) is 0 Å². The number of carbonyl (C=O) groups excluding carboxylic acids is 1. The summed E-state index contributed by atoms with van der Waals surface area (Å²) in [4.78, 5) is 12.3. The third-order valence-electron chi connectivity index (χ3n) is 3.12. The fraction of sp³-hybridized carbons (Fsp3) is 0.200. The lowest BCUT2D eigenvalue weighted by molar-refractivity contribution is 0.101. The summed E-state index contributed by atoms with van der Waals surface area (Å²) in [5.41, 5.74) is 2.43. The maximum absolute atomic E-state index is 12.3. The van der Waals surface area contributed by atoms with Crippen LogP contribution in [-0.4, -0.2) is 15.6 Å². The second-order valence-electron chi connectivity index (χ2n) is 4.57. The van der Waals surface area contributed by atoms with E-state index in [0.717, 1.165) is 23.1 Å². The van der Waals surface area contributed by atoms with Crippen molar-refractivity contribution in [3.8, 4) is 0 Å². The molecule has 96 valence electrons. The van der Waals surface area contributed by atoms with Gasteiger partial charge in [-0.25, -0.2) is 0 Å². The molecule has 0 unspecified atom stereocenters. The van der Waals surface area contributed by atoms with Crippen LogP contribution in [0, 0.1) is 6.92 Å². The maximum Gasteiger partial charge on any atom is 0.231 e. The van der Waals surface area contributed by atoms with Crippen molar-refractivity contribution in [2.24, 2.45) is 0 Å². The van der Waals surface area contributed by atoms with Gasteiger partial charge in [-0.05, 0) is 32.0 Å². The van der Waals surface area contributed by atoms with Crippen LogP contribution in [0.25, 0.3) is 11.0 Å². The minimum Gasteiger partial charge on any atom is -0.453 e. The van der Waals surface area contributed by atoms with E-state index in [1.807, 2.05) is 32.0 Å². The van der Waals surface area contributed by atoms with Gasteiger partial charge in [-0.1, -0.05) is 11.6 Å². The third-order valence-corrected chi connectivity index (χ3v) is 3.12. The minimum absolute atomic E-state index is 0.131. The average molecular weight is 254 g/mol. The van der Waals surface area contributed by atoms with Gasteiger partial charge >= 0.3 is 0 Å². The van der Waals surface area contributed by atoms with Crippen LogP contribution in [0.5, 0.6) is 0 Å². The van der Waals surface area contributed by atoms with Crippen molar-refractivity contribution < 1.29 is 9.21 Å². The quantitative estimate of drug-likeness (QED) is 0.674. The number of aryl methyl sites for hydroxylation is 2. The first-order chi connectivity index (χ1) is 9.17. The van der Waals surface area contributed by atoms with E-state index in [0.29, 0.717) is 11.3 Å². The van der Waals surface area contributed by atoms with Crippen LogP contribution in [0.2, 0.25) is 0 Å². The van der Waals surface area contributed by atoms with E-state index in [1.54, 1.807) is 23.1 Å². The summed E-state index contributed by atoms with van der Waals surface area (Å²) in [5.74, 6) is 0.227. The molecule has 0 fully saturated rings. The molecule has 0 N–H and O–H groups in total. The van der Waals surface area contributed by atoms with Gasteiger partial charge in [0.05, 0.1) is 11.8 Å². The zero-order valence-corrected chi connectivity index (χ0v) is 10.9. The number of fused-ring (bicyclic) bond motifs is 1. The molecule has 0 saturated heterocycles. The van der Waals surface area contributed by atoms with Gasteiger partial charge in [0.1, 0.15) is 5.58 Å². The molecule has 0 bridgehead atoms. The van der Waals surface area contributed by atoms with Gasteiger partial charge in [-0.3, -0.25) is 9.48 Å². The Morgan fingerprint density at radius 3 is 2.95 bits per heavy atom. The summed E-state index contributed by atoms with van der Waals surface area (Å²) in [6.07, 6.45) is 3.31.